The number of hydrogen-bond acceptors (Lipinski definition) is 7. The number of fused-ring (bicyclic) bond motifs is 3. The summed E-state index contributed by atoms with van der Waals surface area (Å²) >= 11 is 0. The Kier molecular flexibility index (Phi) is 5.40. The molecule has 2 N–H and O–H groups in total. The molecule has 6 heterocycles. The van der Waals surface area contributed by atoms with Gasteiger partial charge >= 0.3 is 6.18 Å². The molecule has 3 aliphatic rings. The molecule has 39 heavy (non-hydrogen) atoms. The first kappa shape index (κ1) is 24.3. The van der Waals surface area contributed by atoms with Crippen molar-refractivity contribution in [2.75, 3.05) is 31.5 Å². The molecule has 8 nitrogen and oxygen atoms in total. The van der Waals surface area contributed by atoms with Crippen molar-refractivity contribution in [2.45, 2.75) is 31.6 Å². The largest absolute Gasteiger partial charge is 0.409 e. The van der Waals surface area contributed by atoms with Crippen LogP contribution in [-0.4, -0.2) is 61.8 Å². The predicted octanol–water partition coefficient (Wildman–Crippen LogP) is 4.36. The molecule has 0 aliphatic carbocycles. The fourth-order valence-corrected chi connectivity index (χ4v) is 5.88. The first-order valence-corrected chi connectivity index (χ1v) is 12.6. The molecule has 2 saturated heterocycles. The van der Waals surface area contributed by atoms with Gasteiger partial charge in [0.15, 0.2) is 11.6 Å². The minimum Gasteiger partial charge on any atom is -0.316 e. The number of benzene rings is 1. The van der Waals surface area contributed by atoms with E-state index in [4.69, 9.17) is 0 Å². The second kappa shape index (κ2) is 8.65. The third-order valence-corrected chi connectivity index (χ3v) is 7.76. The summed E-state index contributed by atoms with van der Waals surface area (Å²) in [6, 6.07) is 4.20. The number of likely N-dealkylation sites (tertiary alicyclic amines) is 1. The second-order valence-electron chi connectivity index (χ2n) is 10.6. The SMILES string of the molecule is Fc1cnc(Nc2ccc(CN3CC4(CNC4)C3)cn2)nc1-c1cc(F)c2nc3n(c2c1)[C@H](C(F)(F)F)CC3. The van der Waals surface area contributed by atoms with Gasteiger partial charge in [-0.05, 0) is 30.2 Å². The van der Waals surface area contributed by atoms with Crippen LogP contribution in [-0.2, 0) is 13.0 Å². The van der Waals surface area contributed by atoms with Gasteiger partial charge in [0, 0.05) is 56.3 Å². The average molecular weight is 543 g/mol. The van der Waals surface area contributed by atoms with Crippen LogP contribution in [0.15, 0.2) is 36.7 Å². The van der Waals surface area contributed by atoms with Crippen LogP contribution >= 0.6 is 0 Å². The maximum absolute atomic E-state index is 15.0. The summed E-state index contributed by atoms with van der Waals surface area (Å²) in [5.41, 5.74) is 0.995. The minimum absolute atomic E-state index is 0.0148. The molecule has 1 aromatic carbocycles. The summed E-state index contributed by atoms with van der Waals surface area (Å²) < 4.78 is 71.6. The molecular weight excluding hydrogens is 519 g/mol. The third kappa shape index (κ3) is 4.20. The zero-order valence-electron chi connectivity index (χ0n) is 20.6. The number of nitrogens with zero attached hydrogens (tertiary/aromatic N) is 6. The van der Waals surface area contributed by atoms with Crippen LogP contribution in [0.1, 0.15) is 23.9 Å². The number of hydrogen-bond donors (Lipinski definition) is 2. The van der Waals surface area contributed by atoms with Crippen molar-refractivity contribution in [1.29, 1.82) is 0 Å². The highest BCUT2D eigenvalue weighted by molar-refractivity contribution is 5.83. The van der Waals surface area contributed by atoms with Crippen molar-refractivity contribution in [3.63, 3.8) is 0 Å². The van der Waals surface area contributed by atoms with E-state index in [-0.39, 0.29) is 46.9 Å². The summed E-state index contributed by atoms with van der Waals surface area (Å²) in [7, 11) is 0. The Morgan fingerprint density at radius 3 is 2.54 bits per heavy atom. The zero-order valence-corrected chi connectivity index (χ0v) is 20.6. The van der Waals surface area contributed by atoms with Gasteiger partial charge in [-0.25, -0.2) is 28.7 Å². The summed E-state index contributed by atoms with van der Waals surface area (Å²) in [5, 5.41) is 6.23. The highest BCUT2D eigenvalue weighted by Crippen LogP contribution is 2.42. The van der Waals surface area contributed by atoms with Gasteiger partial charge < -0.3 is 15.2 Å². The lowest BCUT2D eigenvalue weighted by Crippen LogP contribution is -2.70. The van der Waals surface area contributed by atoms with Gasteiger partial charge in [0.05, 0.1) is 11.7 Å². The van der Waals surface area contributed by atoms with E-state index in [0.717, 1.165) is 55.1 Å². The quantitative estimate of drug-likeness (QED) is 0.363. The molecule has 13 heteroatoms. The lowest BCUT2D eigenvalue weighted by atomic mass is 9.74. The van der Waals surface area contributed by atoms with Crippen molar-refractivity contribution >= 4 is 22.8 Å². The fraction of sp³-hybridized carbons (Fsp3) is 0.385. The first-order chi connectivity index (χ1) is 18.7. The maximum Gasteiger partial charge on any atom is 0.409 e. The van der Waals surface area contributed by atoms with E-state index >= 15 is 0 Å². The molecule has 7 rings (SSSR count). The van der Waals surface area contributed by atoms with Crippen molar-refractivity contribution < 1.29 is 22.0 Å². The Labute approximate surface area is 219 Å². The maximum atomic E-state index is 15.0. The van der Waals surface area contributed by atoms with E-state index in [1.165, 1.54) is 6.07 Å². The Morgan fingerprint density at radius 2 is 1.85 bits per heavy atom. The number of alkyl halides is 3. The normalized spacial score (nSPS) is 20.2. The molecule has 3 aromatic heterocycles. The Hall–Kier alpha value is -3.71. The van der Waals surface area contributed by atoms with Crippen LogP contribution in [0, 0.1) is 17.0 Å². The van der Waals surface area contributed by atoms with E-state index in [0.29, 0.717) is 11.2 Å². The van der Waals surface area contributed by atoms with Gasteiger partial charge in [-0.3, -0.25) is 4.90 Å². The van der Waals surface area contributed by atoms with Gasteiger partial charge in [-0.1, -0.05) is 6.07 Å². The topological polar surface area (TPSA) is 83.8 Å². The van der Waals surface area contributed by atoms with Gasteiger partial charge in [0.2, 0.25) is 5.95 Å². The van der Waals surface area contributed by atoms with Crippen LogP contribution < -0.4 is 10.6 Å². The molecule has 4 aromatic rings. The van der Waals surface area contributed by atoms with Crippen LogP contribution in [0.25, 0.3) is 22.3 Å². The average Bonchev–Trinajstić information content (AvgIpc) is 3.42. The molecule has 1 atom stereocenters. The van der Waals surface area contributed by atoms with Crippen molar-refractivity contribution in [3.05, 3.63) is 59.7 Å². The number of anilines is 2. The Bertz CT molecular complexity index is 1570. The van der Waals surface area contributed by atoms with E-state index in [9.17, 15) is 22.0 Å². The number of imidazole rings is 1. The first-order valence-electron chi connectivity index (χ1n) is 12.6. The fourth-order valence-electron chi connectivity index (χ4n) is 5.88. The standard InChI is InChI=1S/C26H23F5N8/c27-16-5-15(6-18-23(16)36-21-4-2-19(39(18)21)26(29,30)31)22-17(28)8-34-24(37-22)35-20-3-1-14(7-33-20)9-38-12-25(13-38)10-32-11-25/h1,3,5-8,19,32H,2,4,9-13H2,(H,33,34,35,37)/t19-/m0/s1. The van der Waals surface area contributed by atoms with E-state index in [2.05, 4.69) is 35.5 Å². The Balaban J connectivity index is 1.13. The lowest BCUT2D eigenvalue weighted by Gasteiger charge is -2.56. The highest BCUT2D eigenvalue weighted by Gasteiger charge is 2.47. The van der Waals surface area contributed by atoms with Crippen LogP contribution in [0.3, 0.4) is 0 Å². The van der Waals surface area contributed by atoms with Crippen LogP contribution in [0.2, 0.25) is 0 Å². The summed E-state index contributed by atoms with van der Waals surface area (Å²) in [5.74, 6) is -1.09. The smallest absolute Gasteiger partial charge is 0.316 e. The summed E-state index contributed by atoms with van der Waals surface area (Å²) in [4.78, 5) is 19.0. The molecule has 1 spiro atoms. The molecule has 0 saturated carbocycles. The number of rotatable bonds is 5. The predicted molar refractivity (Wildman–Crippen MR) is 132 cm³/mol. The number of nitrogens with one attached hydrogen (secondary N) is 2. The number of pyridine rings is 1. The van der Waals surface area contributed by atoms with E-state index in [1.54, 1.807) is 12.3 Å². The highest BCUT2D eigenvalue weighted by atomic mass is 19.4. The molecule has 0 unspecified atom stereocenters. The number of aryl methyl sites for hydroxylation is 1. The molecule has 202 valence electrons. The number of aromatic nitrogens is 5. The molecule has 0 amide bonds. The Morgan fingerprint density at radius 1 is 1.03 bits per heavy atom. The summed E-state index contributed by atoms with van der Waals surface area (Å²) in [6.45, 7) is 5.08. The molecule has 2 fully saturated rings. The van der Waals surface area contributed by atoms with Crippen molar-refractivity contribution in [1.82, 2.24) is 34.7 Å². The van der Waals surface area contributed by atoms with Crippen LogP contribution in [0.5, 0.6) is 0 Å². The van der Waals surface area contributed by atoms with Gasteiger partial charge in [0.1, 0.15) is 28.9 Å². The van der Waals surface area contributed by atoms with Crippen molar-refractivity contribution in [3.8, 4) is 11.3 Å². The molecule has 0 bridgehead atoms. The van der Waals surface area contributed by atoms with Crippen LogP contribution in [0.4, 0.5) is 33.7 Å². The zero-order chi connectivity index (χ0) is 26.9. The molecule has 0 radical (unpaired) electrons. The third-order valence-electron chi connectivity index (χ3n) is 7.76. The molecule has 3 aliphatic heterocycles. The van der Waals surface area contributed by atoms with Gasteiger partial charge in [-0.2, -0.15) is 13.2 Å². The van der Waals surface area contributed by atoms with E-state index < -0.39 is 23.9 Å². The van der Waals surface area contributed by atoms with Gasteiger partial charge in [0.25, 0.3) is 0 Å². The summed E-state index contributed by atoms with van der Waals surface area (Å²) in [6.07, 6.45) is -1.94. The second-order valence-corrected chi connectivity index (χ2v) is 10.6. The van der Waals surface area contributed by atoms with Crippen molar-refractivity contribution in [2.24, 2.45) is 5.41 Å². The molecular formula is C26H23F5N8. The lowest BCUT2D eigenvalue weighted by molar-refractivity contribution is -0.164. The van der Waals surface area contributed by atoms with Gasteiger partial charge in [-0.15, -0.1) is 0 Å². The monoisotopic (exact) mass is 542 g/mol. The van der Waals surface area contributed by atoms with E-state index in [1.807, 2.05) is 6.07 Å². The minimum atomic E-state index is -4.52. The number of halogens is 5.